The summed E-state index contributed by atoms with van der Waals surface area (Å²) >= 11 is 0. The molecule has 0 spiro atoms. The Kier molecular flexibility index (Phi) is 6.57. The van der Waals surface area contributed by atoms with E-state index in [1.165, 1.54) is 0 Å². The highest BCUT2D eigenvalue weighted by Gasteiger charge is 2.23. The maximum atomic E-state index is 12.3. The number of carbonyl (C=O) groups is 1. The number of amides is 1. The summed E-state index contributed by atoms with van der Waals surface area (Å²) < 4.78 is 5.95. The Morgan fingerprint density at radius 1 is 1.29 bits per heavy atom. The van der Waals surface area contributed by atoms with Gasteiger partial charge in [0.1, 0.15) is 0 Å². The molecule has 2 fully saturated rings. The first-order valence-electron chi connectivity index (χ1n) is 9.05. The van der Waals surface area contributed by atoms with Gasteiger partial charge in [-0.2, -0.15) is 0 Å². The first-order chi connectivity index (χ1) is 11.8. The molecule has 0 unspecified atom stereocenters. The molecule has 2 aliphatic rings. The van der Waals surface area contributed by atoms with E-state index in [4.69, 9.17) is 4.74 Å². The number of hydrogen-bond donors (Lipinski definition) is 2. The molecule has 6 heteroatoms. The molecule has 2 aliphatic heterocycles. The summed E-state index contributed by atoms with van der Waals surface area (Å²) in [5, 5.41) is 0. The molecule has 1 aromatic rings. The van der Waals surface area contributed by atoms with Crippen LogP contribution in [0.3, 0.4) is 0 Å². The Bertz CT molecular complexity index is 497. The highest BCUT2D eigenvalue weighted by atomic mass is 16.5. The molecule has 1 amide bonds. The summed E-state index contributed by atoms with van der Waals surface area (Å²) in [6.07, 6.45) is 8.52. The molecule has 24 heavy (non-hydrogen) atoms. The van der Waals surface area contributed by atoms with Crippen LogP contribution in [0.2, 0.25) is 0 Å². The van der Waals surface area contributed by atoms with Gasteiger partial charge in [0.25, 0.3) is 0 Å². The summed E-state index contributed by atoms with van der Waals surface area (Å²) in [6, 6.07) is 3.96. The fraction of sp³-hybridized carbons (Fsp3) is 0.667. The van der Waals surface area contributed by atoms with Crippen molar-refractivity contribution in [2.24, 2.45) is 5.92 Å². The van der Waals surface area contributed by atoms with Crippen LogP contribution < -0.4 is 10.9 Å². The van der Waals surface area contributed by atoms with Crippen LogP contribution in [0.1, 0.15) is 37.7 Å². The van der Waals surface area contributed by atoms with E-state index in [1.54, 1.807) is 6.20 Å². The van der Waals surface area contributed by atoms with Gasteiger partial charge in [-0.15, -0.1) is 0 Å². The summed E-state index contributed by atoms with van der Waals surface area (Å²) in [7, 11) is 0. The van der Waals surface area contributed by atoms with Crippen LogP contribution in [0.5, 0.6) is 0 Å². The predicted molar refractivity (Wildman–Crippen MR) is 92.0 cm³/mol. The van der Waals surface area contributed by atoms with E-state index in [0.29, 0.717) is 24.9 Å². The van der Waals surface area contributed by atoms with Crippen molar-refractivity contribution in [1.29, 1.82) is 0 Å². The molecule has 2 N–H and O–H groups in total. The van der Waals surface area contributed by atoms with E-state index >= 15 is 0 Å². The molecule has 0 saturated carbocycles. The Labute approximate surface area is 143 Å². The van der Waals surface area contributed by atoms with Crippen LogP contribution in [-0.2, 0) is 16.1 Å². The smallest absolute Gasteiger partial charge is 0.222 e. The SMILES string of the molecule is O=C(CCCC1CNNC1)N1CCC(OCc2cccnc2)CC1. The zero-order valence-corrected chi connectivity index (χ0v) is 14.2. The number of likely N-dealkylation sites (tertiary alicyclic amines) is 1. The molecule has 2 saturated heterocycles. The minimum absolute atomic E-state index is 0.255. The van der Waals surface area contributed by atoms with Gasteiger partial charge in [0, 0.05) is 45.0 Å². The summed E-state index contributed by atoms with van der Waals surface area (Å²) in [5.74, 6) is 0.976. The van der Waals surface area contributed by atoms with Crippen LogP contribution in [0.25, 0.3) is 0 Å². The predicted octanol–water partition coefficient (Wildman–Crippen LogP) is 1.48. The molecule has 0 bridgehead atoms. The lowest BCUT2D eigenvalue weighted by molar-refractivity contribution is -0.134. The van der Waals surface area contributed by atoms with Gasteiger partial charge in [-0.3, -0.25) is 20.6 Å². The molecule has 0 aliphatic carbocycles. The van der Waals surface area contributed by atoms with E-state index in [1.807, 2.05) is 23.2 Å². The van der Waals surface area contributed by atoms with Gasteiger partial charge in [0.15, 0.2) is 0 Å². The lowest BCUT2D eigenvalue weighted by atomic mass is 10.0. The Morgan fingerprint density at radius 3 is 2.79 bits per heavy atom. The third kappa shape index (κ3) is 5.26. The van der Waals surface area contributed by atoms with Gasteiger partial charge in [-0.1, -0.05) is 6.07 Å². The third-order valence-corrected chi connectivity index (χ3v) is 4.91. The zero-order chi connectivity index (χ0) is 16.6. The standard InChI is InChI=1S/C18H28N4O2/c23-18(5-1-3-15-12-20-21-13-15)22-9-6-17(7-10-22)24-14-16-4-2-8-19-11-16/h2,4,8,11,15,17,20-21H,1,3,5-7,9-10,12-14H2. The number of aromatic nitrogens is 1. The lowest BCUT2D eigenvalue weighted by Crippen LogP contribution is -2.40. The molecule has 132 valence electrons. The van der Waals surface area contributed by atoms with E-state index < -0.39 is 0 Å². The van der Waals surface area contributed by atoms with E-state index in [2.05, 4.69) is 15.8 Å². The van der Waals surface area contributed by atoms with E-state index in [0.717, 1.165) is 57.4 Å². The molecular weight excluding hydrogens is 304 g/mol. The highest BCUT2D eigenvalue weighted by Crippen LogP contribution is 2.17. The van der Waals surface area contributed by atoms with Crippen LogP contribution in [0, 0.1) is 5.92 Å². The number of nitrogens with one attached hydrogen (secondary N) is 2. The van der Waals surface area contributed by atoms with Crippen molar-refractivity contribution in [3.05, 3.63) is 30.1 Å². The van der Waals surface area contributed by atoms with Crippen LogP contribution in [-0.4, -0.2) is 48.1 Å². The monoisotopic (exact) mass is 332 g/mol. The molecule has 0 aromatic carbocycles. The molecule has 0 radical (unpaired) electrons. The largest absolute Gasteiger partial charge is 0.373 e. The molecule has 6 nitrogen and oxygen atoms in total. The lowest BCUT2D eigenvalue weighted by Gasteiger charge is -2.32. The maximum Gasteiger partial charge on any atom is 0.222 e. The molecule has 3 rings (SSSR count). The fourth-order valence-corrected chi connectivity index (χ4v) is 3.38. The fourth-order valence-electron chi connectivity index (χ4n) is 3.38. The quantitative estimate of drug-likeness (QED) is 0.792. The van der Waals surface area contributed by atoms with E-state index in [-0.39, 0.29) is 6.10 Å². The molecule has 1 aromatic heterocycles. The van der Waals surface area contributed by atoms with Gasteiger partial charge in [-0.05, 0) is 43.2 Å². The Balaban J connectivity index is 1.30. The summed E-state index contributed by atoms with van der Waals surface area (Å²) in [4.78, 5) is 18.4. The van der Waals surface area contributed by atoms with Gasteiger partial charge < -0.3 is 9.64 Å². The average molecular weight is 332 g/mol. The first-order valence-corrected chi connectivity index (χ1v) is 9.05. The van der Waals surface area contributed by atoms with Crippen molar-refractivity contribution in [2.45, 2.75) is 44.8 Å². The first kappa shape index (κ1) is 17.3. The molecule has 3 heterocycles. The number of piperidine rings is 1. The second-order valence-electron chi connectivity index (χ2n) is 6.77. The Morgan fingerprint density at radius 2 is 2.08 bits per heavy atom. The van der Waals surface area contributed by atoms with E-state index in [9.17, 15) is 4.79 Å². The summed E-state index contributed by atoms with van der Waals surface area (Å²) in [6.45, 7) is 4.30. The van der Waals surface area contributed by atoms with Crippen molar-refractivity contribution >= 4 is 5.91 Å². The van der Waals surface area contributed by atoms with Gasteiger partial charge in [-0.25, -0.2) is 0 Å². The number of ether oxygens (including phenoxy) is 1. The zero-order valence-electron chi connectivity index (χ0n) is 14.2. The number of nitrogens with zero attached hydrogens (tertiary/aromatic N) is 2. The number of hydrogen-bond acceptors (Lipinski definition) is 5. The summed E-state index contributed by atoms with van der Waals surface area (Å²) in [5.41, 5.74) is 7.38. The van der Waals surface area contributed by atoms with Crippen molar-refractivity contribution < 1.29 is 9.53 Å². The average Bonchev–Trinajstić information content (AvgIpc) is 3.15. The number of carbonyl (C=O) groups excluding carboxylic acids is 1. The van der Waals surface area contributed by atoms with Crippen LogP contribution in [0.4, 0.5) is 0 Å². The minimum Gasteiger partial charge on any atom is -0.373 e. The normalized spacial score (nSPS) is 19.8. The second-order valence-corrected chi connectivity index (χ2v) is 6.77. The van der Waals surface area contributed by atoms with Gasteiger partial charge in [0.2, 0.25) is 5.91 Å². The maximum absolute atomic E-state index is 12.3. The van der Waals surface area contributed by atoms with Crippen molar-refractivity contribution in [3.63, 3.8) is 0 Å². The molecule has 0 atom stereocenters. The van der Waals surface area contributed by atoms with Crippen molar-refractivity contribution in [1.82, 2.24) is 20.7 Å². The minimum atomic E-state index is 0.255. The van der Waals surface area contributed by atoms with Crippen LogP contribution >= 0.6 is 0 Å². The van der Waals surface area contributed by atoms with Crippen molar-refractivity contribution in [2.75, 3.05) is 26.2 Å². The van der Waals surface area contributed by atoms with Crippen LogP contribution in [0.15, 0.2) is 24.5 Å². The number of pyridine rings is 1. The second kappa shape index (κ2) is 9.11. The van der Waals surface area contributed by atoms with Gasteiger partial charge in [0.05, 0.1) is 12.7 Å². The molecular formula is C18H28N4O2. The topological polar surface area (TPSA) is 66.5 Å². The Hall–Kier alpha value is -1.50. The highest BCUT2D eigenvalue weighted by molar-refractivity contribution is 5.76. The van der Waals surface area contributed by atoms with Gasteiger partial charge >= 0.3 is 0 Å². The number of hydrazine groups is 1. The van der Waals surface area contributed by atoms with Crippen molar-refractivity contribution in [3.8, 4) is 0 Å². The number of rotatable bonds is 7. The third-order valence-electron chi connectivity index (χ3n) is 4.91.